The lowest BCUT2D eigenvalue weighted by atomic mass is 10.2. The van der Waals surface area contributed by atoms with Crippen LogP contribution >= 0.6 is 0 Å². The first-order chi connectivity index (χ1) is 14.6. The molecule has 1 amide bonds. The minimum absolute atomic E-state index is 0.148. The van der Waals surface area contributed by atoms with Gasteiger partial charge >= 0.3 is 0 Å². The molecule has 0 radical (unpaired) electrons. The number of carbonyl (C=O) groups is 1. The van der Waals surface area contributed by atoms with E-state index in [1.807, 2.05) is 20.8 Å². The van der Waals surface area contributed by atoms with Gasteiger partial charge in [0.05, 0.1) is 26.0 Å². The number of carbonyl (C=O) groups excluding carboxylic acids is 1. The first-order valence-corrected chi connectivity index (χ1v) is 9.69. The second kappa shape index (κ2) is 12.0. The second-order valence-electron chi connectivity index (χ2n) is 5.86. The number of nitrogens with zero attached hydrogens (tertiary/aromatic N) is 1. The summed E-state index contributed by atoms with van der Waals surface area (Å²) in [6, 6.07) is 10.3. The standard InChI is InChI=1S/C23H26N2O5/c1-5-13-30-20-11-9-17(14-21(20)28-7-3)16-24-25-23(26)18-10-12-19(27-6-2)22(15-18)29-8-4/h1,9-12,14-16H,6-8,13H2,2-4H3,(H,25,26)/b24-16+. The van der Waals surface area contributed by atoms with E-state index >= 15 is 0 Å². The van der Waals surface area contributed by atoms with Gasteiger partial charge in [0.2, 0.25) is 0 Å². The topological polar surface area (TPSA) is 78.4 Å². The molecular formula is C23H26N2O5. The molecule has 1 N–H and O–H groups in total. The van der Waals surface area contributed by atoms with Crippen LogP contribution in [0, 0.1) is 12.3 Å². The molecule has 0 unspecified atom stereocenters. The van der Waals surface area contributed by atoms with Gasteiger partial charge in [0.25, 0.3) is 5.91 Å². The Kier molecular flexibility index (Phi) is 9.07. The molecule has 2 rings (SSSR count). The highest BCUT2D eigenvalue weighted by atomic mass is 16.5. The molecule has 0 saturated carbocycles. The quantitative estimate of drug-likeness (QED) is 0.348. The Bertz CT molecular complexity index is 918. The van der Waals surface area contributed by atoms with Gasteiger partial charge in [0.15, 0.2) is 23.0 Å². The van der Waals surface area contributed by atoms with Crippen molar-refractivity contribution in [2.45, 2.75) is 20.8 Å². The fraction of sp³-hybridized carbons (Fsp3) is 0.304. The molecule has 0 spiro atoms. The summed E-state index contributed by atoms with van der Waals surface area (Å²) in [5.41, 5.74) is 3.64. The Balaban J connectivity index is 2.09. The van der Waals surface area contributed by atoms with Crippen molar-refractivity contribution in [1.29, 1.82) is 0 Å². The summed E-state index contributed by atoms with van der Waals surface area (Å²) in [7, 11) is 0. The molecule has 30 heavy (non-hydrogen) atoms. The number of nitrogens with one attached hydrogen (secondary N) is 1. The Morgan fingerprint density at radius 1 is 0.933 bits per heavy atom. The fourth-order valence-electron chi connectivity index (χ4n) is 2.53. The summed E-state index contributed by atoms with van der Waals surface area (Å²) in [6.45, 7) is 7.22. The fourth-order valence-corrected chi connectivity index (χ4v) is 2.53. The Labute approximate surface area is 177 Å². The highest BCUT2D eigenvalue weighted by Gasteiger charge is 2.11. The van der Waals surface area contributed by atoms with Crippen LogP contribution in [0.3, 0.4) is 0 Å². The zero-order chi connectivity index (χ0) is 21.8. The Morgan fingerprint density at radius 2 is 1.53 bits per heavy atom. The molecule has 7 nitrogen and oxygen atoms in total. The molecular weight excluding hydrogens is 384 g/mol. The third kappa shape index (κ3) is 6.45. The summed E-state index contributed by atoms with van der Waals surface area (Å²) in [6.07, 6.45) is 6.75. The Morgan fingerprint density at radius 3 is 2.20 bits per heavy atom. The maximum absolute atomic E-state index is 12.4. The van der Waals surface area contributed by atoms with Crippen LogP contribution in [0.15, 0.2) is 41.5 Å². The molecule has 0 atom stereocenters. The van der Waals surface area contributed by atoms with Gasteiger partial charge in [-0.15, -0.1) is 6.42 Å². The van der Waals surface area contributed by atoms with Crippen molar-refractivity contribution in [2.75, 3.05) is 26.4 Å². The van der Waals surface area contributed by atoms with E-state index in [1.54, 1.807) is 36.4 Å². The lowest BCUT2D eigenvalue weighted by Crippen LogP contribution is -2.17. The Hall–Kier alpha value is -3.66. The van der Waals surface area contributed by atoms with Crippen LogP contribution in [-0.2, 0) is 0 Å². The van der Waals surface area contributed by atoms with E-state index in [9.17, 15) is 4.79 Å². The summed E-state index contributed by atoms with van der Waals surface area (Å²) in [5, 5.41) is 4.02. The van der Waals surface area contributed by atoms with Gasteiger partial charge in [-0.25, -0.2) is 5.43 Å². The van der Waals surface area contributed by atoms with Gasteiger partial charge < -0.3 is 18.9 Å². The van der Waals surface area contributed by atoms with Gasteiger partial charge in [-0.1, -0.05) is 5.92 Å². The van der Waals surface area contributed by atoms with Crippen molar-refractivity contribution < 1.29 is 23.7 Å². The number of rotatable bonds is 11. The minimum Gasteiger partial charge on any atom is -0.490 e. The molecule has 0 aromatic heterocycles. The molecule has 2 aromatic carbocycles. The average molecular weight is 410 g/mol. The van der Waals surface area contributed by atoms with Crippen LogP contribution in [-0.4, -0.2) is 38.5 Å². The molecule has 0 aliphatic carbocycles. The zero-order valence-electron chi connectivity index (χ0n) is 17.4. The zero-order valence-corrected chi connectivity index (χ0v) is 17.4. The largest absolute Gasteiger partial charge is 0.490 e. The monoisotopic (exact) mass is 410 g/mol. The number of hydrogen-bond donors (Lipinski definition) is 1. The molecule has 0 heterocycles. The van der Waals surface area contributed by atoms with Gasteiger partial charge in [0, 0.05) is 5.56 Å². The maximum Gasteiger partial charge on any atom is 0.271 e. The predicted molar refractivity (Wildman–Crippen MR) is 116 cm³/mol. The molecule has 2 aromatic rings. The van der Waals surface area contributed by atoms with Crippen molar-refractivity contribution in [3.63, 3.8) is 0 Å². The predicted octanol–water partition coefficient (Wildman–Crippen LogP) is 3.66. The number of hydrazone groups is 1. The highest BCUT2D eigenvalue weighted by Crippen LogP contribution is 2.29. The van der Waals surface area contributed by atoms with Gasteiger partial charge in [-0.2, -0.15) is 5.10 Å². The number of hydrogen-bond acceptors (Lipinski definition) is 6. The lowest BCUT2D eigenvalue weighted by Gasteiger charge is -2.12. The van der Waals surface area contributed by atoms with Crippen molar-refractivity contribution >= 4 is 12.1 Å². The van der Waals surface area contributed by atoms with Crippen LogP contribution in [0.2, 0.25) is 0 Å². The number of amides is 1. The summed E-state index contributed by atoms with van der Waals surface area (Å²) >= 11 is 0. The molecule has 158 valence electrons. The third-order valence-corrected chi connectivity index (χ3v) is 3.76. The lowest BCUT2D eigenvalue weighted by molar-refractivity contribution is 0.0954. The van der Waals surface area contributed by atoms with E-state index in [0.717, 1.165) is 5.56 Å². The molecule has 0 bridgehead atoms. The van der Waals surface area contributed by atoms with Gasteiger partial charge in [-0.05, 0) is 62.7 Å². The second-order valence-corrected chi connectivity index (χ2v) is 5.86. The first kappa shape index (κ1) is 22.6. The normalized spacial score (nSPS) is 10.3. The van der Waals surface area contributed by atoms with Crippen LogP contribution in [0.4, 0.5) is 0 Å². The summed E-state index contributed by atoms with van der Waals surface area (Å²) in [5.74, 6) is 4.26. The molecule has 0 aliphatic heterocycles. The van der Waals surface area contributed by atoms with E-state index in [2.05, 4.69) is 16.4 Å². The number of benzene rings is 2. The third-order valence-electron chi connectivity index (χ3n) is 3.76. The molecule has 0 aliphatic rings. The molecule has 0 saturated heterocycles. The van der Waals surface area contributed by atoms with Crippen LogP contribution in [0.25, 0.3) is 0 Å². The van der Waals surface area contributed by atoms with Crippen molar-refractivity contribution in [3.05, 3.63) is 47.5 Å². The molecule has 0 fully saturated rings. The smallest absolute Gasteiger partial charge is 0.271 e. The van der Waals surface area contributed by atoms with E-state index in [0.29, 0.717) is 48.4 Å². The SMILES string of the molecule is C#CCOc1ccc(/C=N/NC(=O)c2ccc(OCC)c(OCC)c2)cc1OCC. The van der Waals surface area contributed by atoms with E-state index in [-0.39, 0.29) is 12.5 Å². The summed E-state index contributed by atoms with van der Waals surface area (Å²) in [4.78, 5) is 12.4. The average Bonchev–Trinajstić information content (AvgIpc) is 2.75. The van der Waals surface area contributed by atoms with E-state index in [1.165, 1.54) is 6.21 Å². The highest BCUT2D eigenvalue weighted by molar-refractivity contribution is 5.95. The maximum atomic E-state index is 12.4. The first-order valence-electron chi connectivity index (χ1n) is 9.69. The van der Waals surface area contributed by atoms with Crippen LogP contribution in [0.5, 0.6) is 23.0 Å². The van der Waals surface area contributed by atoms with Gasteiger partial charge in [0.1, 0.15) is 6.61 Å². The number of terminal acetylenes is 1. The van der Waals surface area contributed by atoms with Gasteiger partial charge in [-0.3, -0.25) is 4.79 Å². The number of ether oxygens (including phenoxy) is 4. The minimum atomic E-state index is -0.366. The van der Waals surface area contributed by atoms with Crippen molar-refractivity contribution in [3.8, 4) is 35.3 Å². The molecule has 7 heteroatoms. The van der Waals surface area contributed by atoms with Crippen LogP contribution < -0.4 is 24.4 Å². The van der Waals surface area contributed by atoms with Crippen molar-refractivity contribution in [1.82, 2.24) is 5.43 Å². The van der Waals surface area contributed by atoms with E-state index in [4.69, 9.17) is 25.4 Å². The van der Waals surface area contributed by atoms with Crippen molar-refractivity contribution in [2.24, 2.45) is 5.10 Å². The van der Waals surface area contributed by atoms with Crippen LogP contribution in [0.1, 0.15) is 36.7 Å². The van der Waals surface area contributed by atoms with E-state index < -0.39 is 0 Å². The summed E-state index contributed by atoms with van der Waals surface area (Å²) < 4.78 is 22.1.